The molecule has 0 aliphatic carbocycles. The molecule has 1 heterocycles. The van der Waals surface area contributed by atoms with Crippen molar-refractivity contribution >= 4 is 22.5 Å². The van der Waals surface area contributed by atoms with Gasteiger partial charge in [0.05, 0.1) is 10.5 Å². The predicted molar refractivity (Wildman–Crippen MR) is 93.0 cm³/mol. The molecule has 1 aromatic carbocycles. The van der Waals surface area contributed by atoms with Crippen LogP contribution in [0.1, 0.15) is 59.6 Å². The van der Waals surface area contributed by atoms with Gasteiger partial charge in [0, 0.05) is 17.0 Å². The van der Waals surface area contributed by atoms with Crippen molar-refractivity contribution < 1.29 is 0 Å². The maximum absolute atomic E-state index is 6.33. The van der Waals surface area contributed by atoms with Crippen molar-refractivity contribution in [2.24, 2.45) is 10.8 Å². The molecular formula is C19H26ClN. The first-order valence-electron chi connectivity index (χ1n) is 7.72. The number of halogens is 1. The summed E-state index contributed by atoms with van der Waals surface area (Å²) in [5.74, 6) is 0.385. The molecule has 2 aromatic rings. The molecule has 114 valence electrons. The molecule has 0 saturated carbocycles. The van der Waals surface area contributed by atoms with Gasteiger partial charge in [0.15, 0.2) is 0 Å². The third-order valence-electron chi connectivity index (χ3n) is 4.55. The molecule has 0 N–H and O–H groups in total. The van der Waals surface area contributed by atoms with Crippen molar-refractivity contribution in [2.75, 3.05) is 0 Å². The Hall–Kier alpha value is -1.08. The first-order valence-corrected chi connectivity index (χ1v) is 8.10. The van der Waals surface area contributed by atoms with Crippen LogP contribution in [-0.2, 0) is 0 Å². The molecule has 2 heteroatoms. The Bertz CT molecular complexity index is 638. The van der Waals surface area contributed by atoms with Crippen LogP contribution in [0.15, 0.2) is 30.3 Å². The third-order valence-corrected chi connectivity index (χ3v) is 4.85. The Kier molecular flexibility index (Phi) is 4.35. The predicted octanol–water partition coefficient (Wildman–Crippen LogP) is 6.45. The second-order valence-corrected chi connectivity index (χ2v) is 8.10. The van der Waals surface area contributed by atoms with Gasteiger partial charge >= 0.3 is 0 Å². The molecule has 1 atom stereocenters. The SMILES string of the molecule is CCC(C)(C)C(c1ccc2cccc(Cl)c2n1)C(C)(C)C. The zero-order valence-corrected chi connectivity index (χ0v) is 14.8. The van der Waals surface area contributed by atoms with E-state index in [0.717, 1.165) is 28.0 Å². The lowest BCUT2D eigenvalue weighted by molar-refractivity contribution is 0.149. The zero-order chi connectivity index (χ0) is 15.8. The Morgan fingerprint density at radius 1 is 1.05 bits per heavy atom. The van der Waals surface area contributed by atoms with E-state index in [9.17, 15) is 0 Å². The highest BCUT2D eigenvalue weighted by Crippen LogP contribution is 2.48. The molecule has 0 aliphatic heterocycles. The van der Waals surface area contributed by atoms with E-state index in [-0.39, 0.29) is 10.8 Å². The Balaban J connectivity index is 2.63. The number of benzene rings is 1. The largest absolute Gasteiger partial charge is 0.251 e. The number of para-hydroxylation sites is 1. The van der Waals surface area contributed by atoms with Crippen molar-refractivity contribution in [2.45, 2.75) is 53.9 Å². The van der Waals surface area contributed by atoms with Crippen LogP contribution >= 0.6 is 11.6 Å². The van der Waals surface area contributed by atoms with Crippen LogP contribution in [0, 0.1) is 10.8 Å². The summed E-state index contributed by atoms with van der Waals surface area (Å²) in [6.45, 7) is 13.8. The van der Waals surface area contributed by atoms with E-state index < -0.39 is 0 Å². The van der Waals surface area contributed by atoms with Gasteiger partial charge in [-0.15, -0.1) is 0 Å². The Morgan fingerprint density at radius 2 is 1.71 bits per heavy atom. The molecule has 1 nitrogen and oxygen atoms in total. The van der Waals surface area contributed by atoms with E-state index >= 15 is 0 Å². The molecule has 1 aromatic heterocycles. The van der Waals surface area contributed by atoms with Gasteiger partial charge in [0.25, 0.3) is 0 Å². The van der Waals surface area contributed by atoms with Crippen LogP contribution in [0.2, 0.25) is 5.02 Å². The first-order chi connectivity index (χ1) is 9.66. The minimum Gasteiger partial charge on any atom is -0.251 e. The van der Waals surface area contributed by atoms with Crippen LogP contribution in [0.25, 0.3) is 10.9 Å². The summed E-state index contributed by atoms with van der Waals surface area (Å²) < 4.78 is 0. The van der Waals surface area contributed by atoms with Crippen LogP contribution in [-0.4, -0.2) is 4.98 Å². The minimum absolute atomic E-state index is 0.154. The number of aromatic nitrogens is 1. The smallest absolute Gasteiger partial charge is 0.0891 e. The fourth-order valence-electron chi connectivity index (χ4n) is 3.51. The summed E-state index contributed by atoms with van der Waals surface area (Å²) in [4.78, 5) is 4.92. The second-order valence-electron chi connectivity index (χ2n) is 7.69. The highest BCUT2D eigenvalue weighted by Gasteiger charge is 2.39. The number of pyridine rings is 1. The van der Waals surface area contributed by atoms with Crippen molar-refractivity contribution in [3.8, 4) is 0 Å². The highest BCUT2D eigenvalue weighted by atomic mass is 35.5. The molecule has 21 heavy (non-hydrogen) atoms. The fraction of sp³-hybridized carbons (Fsp3) is 0.526. The molecule has 0 saturated heterocycles. The van der Waals surface area contributed by atoms with Gasteiger partial charge in [0.1, 0.15) is 0 Å². The average molecular weight is 304 g/mol. The van der Waals surface area contributed by atoms with Gasteiger partial charge in [-0.3, -0.25) is 4.98 Å². The Morgan fingerprint density at radius 3 is 2.29 bits per heavy atom. The lowest BCUT2D eigenvalue weighted by Gasteiger charge is -2.42. The summed E-state index contributed by atoms with van der Waals surface area (Å²) >= 11 is 6.33. The summed E-state index contributed by atoms with van der Waals surface area (Å²) in [5.41, 5.74) is 2.41. The fourth-order valence-corrected chi connectivity index (χ4v) is 3.73. The van der Waals surface area contributed by atoms with E-state index in [4.69, 9.17) is 16.6 Å². The molecule has 0 bridgehead atoms. The van der Waals surface area contributed by atoms with E-state index in [1.807, 2.05) is 12.1 Å². The molecular weight excluding hydrogens is 278 g/mol. The number of rotatable bonds is 3. The molecule has 0 fully saturated rings. The van der Waals surface area contributed by atoms with E-state index in [1.54, 1.807) is 0 Å². The normalized spacial score (nSPS) is 14.4. The molecule has 0 radical (unpaired) electrons. The van der Waals surface area contributed by atoms with Crippen molar-refractivity contribution in [1.82, 2.24) is 4.98 Å². The van der Waals surface area contributed by atoms with Crippen LogP contribution in [0.5, 0.6) is 0 Å². The van der Waals surface area contributed by atoms with Gasteiger partial charge in [0.2, 0.25) is 0 Å². The number of hydrogen-bond acceptors (Lipinski definition) is 1. The summed E-state index contributed by atoms with van der Waals surface area (Å²) in [7, 11) is 0. The summed E-state index contributed by atoms with van der Waals surface area (Å²) in [5, 5.41) is 1.84. The quantitative estimate of drug-likeness (QED) is 0.634. The maximum atomic E-state index is 6.33. The average Bonchev–Trinajstić information content (AvgIpc) is 2.38. The van der Waals surface area contributed by atoms with E-state index in [2.05, 4.69) is 59.7 Å². The minimum atomic E-state index is 0.154. The third kappa shape index (κ3) is 3.23. The maximum Gasteiger partial charge on any atom is 0.0891 e. The number of hydrogen-bond donors (Lipinski definition) is 0. The van der Waals surface area contributed by atoms with Gasteiger partial charge in [-0.25, -0.2) is 0 Å². The lowest BCUT2D eigenvalue weighted by atomic mass is 9.63. The number of nitrogens with zero attached hydrogens (tertiary/aromatic N) is 1. The van der Waals surface area contributed by atoms with E-state index in [0.29, 0.717) is 5.92 Å². The van der Waals surface area contributed by atoms with Crippen molar-refractivity contribution in [1.29, 1.82) is 0 Å². The topological polar surface area (TPSA) is 12.9 Å². The Labute approximate surface area is 133 Å². The molecule has 2 rings (SSSR count). The van der Waals surface area contributed by atoms with Crippen molar-refractivity contribution in [3.05, 3.63) is 41.0 Å². The monoisotopic (exact) mass is 303 g/mol. The van der Waals surface area contributed by atoms with Crippen LogP contribution < -0.4 is 0 Å². The highest BCUT2D eigenvalue weighted by molar-refractivity contribution is 6.35. The molecule has 1 unspecified atom stereocenters. The summed E-state index contributed by atoms with van der Waals surface area (Å²) in [6, 6.07) is 10.3. The van der Waals surface area contributed by atoms with Crippen LogP contribution in [0.3, 0.4) is 0 Å². The van der Waals surface area contributed by atoms with Crippen LogP contribution in [0.4, 0.5) is 0 Å². The van der Waals surface area contributed by atoms with Gasteiger partial charge in [-0.2, -0.15) is 0 Å². The van der Waals surface area contributed by atoms with E-state index in [1.165, 1.54) is 0 Å². The van der Waals surface area contributed by atoms with Gasteiger partial charge in [-0.1, -0.05) is 77.8 Å². The first kappa shape index (κ1) is 16.3. The lowest BCUT2D eigenvalue weighted by Crippen LogP contribution is -2.32. The molecule has 0 amide bonds. The standard InChI is InChI=1S/C19H26ClN/c1-7-19(5,6)17(18(2,3)4)15-12-11-13-9-8-10-14(20)16(13)21-15/h8-12,17H,7H2,1-6H3. The van der Waals surface area contributed by atoms with Gasteiger partial charge < -0.3 is 0 Å². The summed E-state index contributed by atoms with van der Waals surface area (Å²) in [6.07, 6.45) is 1.12. The van der Waals surface area contributed by atoms with Crippen molar-refractivity contribution in [3.63, 3.8) is 0 Å². The number of fused-ring (bicyclic) bond motifs is 1. The zero-order valence-electron chi connectivity index (χ0n) is 14.0. The van der Waals surface area contributed by atoms with Gasteiger partial charge in [-0.05, 0) is 23.0 Å². The molecule has 0 spiro atoms. The molecule has 0 aliphatic rings. The second kappa shape index (κ2) is 5.61.